The number of anilines is 1. The number of benzene rings is 2. The Bertz CT molecular complexity index is 1330. The van der Waals surface area contributed by atoms with Crippen LogP contribution < -0.4 is 19.5 Å². The van der Waals surface area contributed by atoms with Gasteiger partial charge in [-0.25, -0.2) is 8.42 Å². The summed E-state index contributed by atoms with van der Waals surface area (Å²) in [5.41, 5.74) is 2.84. The molecule has 0 saturated heterocycles. The number of nitrogens with zero attached hydrogens (tertiary/aromatic N) is 2. The lowest BCUT2D eigenvalue weighted by Gasteiger charge is -2.24. The summed E-state index contributed by atoms with van der Waals surface area (Å²) in [7, 11) is -1.99. The predicted molar refractivity (Wildman–Crippen MR) is 126 cm³/mol. The van der Waals surface area contributed by atoms with Gasteiger partial charge in [-0.3, -0.25) is 14.2 Å². The molecule has 1 unspecified atom stereocenters. The van der Waals surface area contributed by atoms with Gasteiger partial charge < -0.3 is 14.8 Å². The van der Waals surface area contributed by atoms with Gasteiger partial charge in [-0.05, 0) is 49.6 Å². The van der Waals surface area contributed by atoms with Gasteiger partial charge in [-0.15, -0.1) is 0 Å². The third kappa shape index (κ3) is 4.45. The molecule has 2 heterocycles. The zero-order valence-electron chi connectivity index (χ0n) is 18.8. The molecular formula is C24H26N4O5S. The fourth-order valence-electron chi connectivity index (χ4n) is 4.35. The summed E-state index contributed by atoms with van der Waals surface area (Å²) in [5.74, 6) is 0.656. The molecule has 5 rings (SSSR count). The third-order valence-corrected chi connectivity index (χ3v) is 7.47. The fraction of sp³-hybridized carbons (Fsp3) is 0.333. The first-order chi connectivity index (χ1) is 16.4. The summed E-state index contributed by atoms with van der Waals surface area (Å²) >= 11 is 0. The average Bonchev–Trinajstić information content (AvgIpc) is 3.05. The molecule has 0 saturated carbocycles. The number of nitrogens with one attached hydrogen (secondary N) is 2. The molecule has 0 radical (unpaired) electrons. The van der Waals surface area contributed by atoms with E-state index in [1.165, 1.54) is 18.2 Å². The Morgan fingerprint density at radius 2 is 1.91 bits per heavy atom. The molecule has 3 aromatic rings. The summed E-state index contributed by atoms with van der Waals surface area (Å²) < 4.78 is 41.6. The zero-order chi connectivity index (χ0) is 23.7. The van der Waals surface area contributed by atoms with E-state index in [1.807, 2.05) is 11.7 Å². The molecule has 1 atom stereocenters. The normalized spacial score (nSPS) is 17.4. The molecule has 10 heteroatoms. The third-order valence-electron chi connectivity index (χ3n) is 6.09. The molecule has 1 amide bonds. The number of rotatable bonds is 5. The standard InChI is InChI=1S/C24H26N4O5S/c1-28-21-8-3-7-20(19(21)15-25-28)26-24(29)16-5-2-6-17(13-16)27-34(30,31)18-9-10-22-23(14-18)33-12-4-11-32-22/h2,5-6,9-10,13-15,20,27H,3-4,7-8,11-12H2,1H3,(H,26,29). The predicted octanol–water partition coefficient (Wildman–Crippen LogP) is 3.19. The van der Waals surface area contributed by atoms with E-state index in [2.05, 4.69) is 15.1 Å². The van der Waals surface area contributed by atoms with Crippen LogP contribution in [0.5, 0.6) is 11.5 Å². The highest BCUT2D eigenvalue weighted by atomic mass is 32.2. The Hall–Kier alpha value is -3.53. The van der Waals surface area contributed by atoms with Gasteiger partial charge in [-0.1, -0.05) is 6.07 Å². The number of sulfonamides is 1. The van der Waals surface area contributed by atoms with Crippen molar-refractivity contribution in [3.05, 3.63) is 65.5 Å². The minimum Gasteiger partial charge on any atom is -0.490 e. The number of hydrogen-bond acceptors (Lipinski definition) is 6. The van der Waals surface area contributed by atoms with Crippen molar-refractivity contribution in [2.24, 2.45) is 7.05 Å². The van der Waals surface area contributed by atoms with E-state index in [-0.39, 0.29) is 16.8 Å². The molecule has 178 valence electrons. The smallest absolute Gasteiger partial charge is 0.262 e. The topological polar surface area (TPSA) is 112 Å². The Labute approximate surface area is 198 Å². The molecular weight excluding hydrogens is 456 g/mol. The van der Waals surface area contributed by atoms with Crippen LogP contribution in [0.3, 0.4) is 0 Å². The quantitative estimate of drug-likeness (QED) is 0.578. The molecule has 0 fully saturated rings. The van der Waals surface area contributed by atoms with Crippen LogP contribution in [-0.4, -0.2) is 37.3 Å². The molecule has 2 aliphatic rings. The minimum absolute atomic E-state index is 0.0536. The van der Waals surface area contributed by atoms with E-state index in [0.29, 0.717) is 36.0 Å². The van der Waals surface area contributed by atoms with Crippen molar-refractivity contribution in [2.75, 3.05) is 17.9 Å². The number of hydrogen-bond donors (Lipinski definition) is 2. The van der Waals surface area contributed by atoms with E-state index >= 15 is 0 Å². The Morgan fingerprint density at radius 1 is 1.09 bits per heavy atom. The monoisotopic (exact) mass is 482 g/mol. The second kappa shape index (κ2) is 9.02. The van der Waals surface area contributed by atoms with Crippen LogP contribution in [0.2, 0.25) is 0 Å². The van der Waals surface area contributed by atoms with Crippen molar-refractivity contribution in [3.63, 3.8) is 0 Å². The van der Waals surface area contributed by atoms with E-state index in [4.69, 9.17) is 9.47 Å². The highest BCUT2D eigenvalue weighted by Crippen LogP contribution is 2.33. The fourth-order valence-corrected chi connectivity index (χ4v) is 5.41. The van der Waals surface area contributed by atoms with Gasteiger partial charge in [0.1, 0.15) is 0 Å². The maximum Gasteiger partial charge on any atom is 0.262 e. The first-order valence-corrected chi connectivity index (χ1v) is 12.7. The van der Waals surface area contributed by atoms with Crippen molar-refractivity contribution in [1.29, 1.82) is 0 Å². The number of ether oxygens (including phenoxy) is 2. The maximum atomic E-state index is 13.0. The van der Waals surface area contributed by atoms with Gasteiger partial charge in [0.25, 0.3) is 15.9 Å². The number of carbonyl (C=O) groups excluding carboxylic acids is 1. The molecule has 34 heavy (non-hydrogen) atoms. The molecule has 9 nitrogen and oxygen atoms in total. The van der Waals surface area contributed by atoms with Crippen LogP contribution in [0.1, 0.15) is 46.9 Å². The Morgan fingerprint density at radius 3 is 2.76 bits per heavy atom. The lowest BCUT2D eigenvalue weighted by Crippen LogP contribution is -2.31. The van der Waals surface area contributed by atoms with Gasteiger partial charge in [0.2, 0.25) is 0 Å². The van der Waals surface area contributed by atoms with E-state index in [0.717, 1.165) is 36.9 Å². The molecule has 1 aromatic heterocycles. The minimum atomic E-state index is -3.89. The largest absolute Gasteiger partial charge is 0.490 e. The molecule has 1 aliphatic heterocycles. The SMILES string of the molecule is Cn1ncc2c1CCCC2NC(=O)c1cccc(NS(=O)(=O)c2ccc3c(c2)OCCCO3)c1. The molecule has 0 bridgehead atoms. The van der Waals surface area contributed by atoms with Crippen LogP contribution in [0.15, 0.2) is 53.6 Å². The summed E-state index contributed by atoms with van der Waals surface area (Å²) in [6.07, 6.45) is 5.27. The molecule has 2 aromatic carbocycles. The zero-order valence-corrected chi connectivity index (χ0v) is 19.6. The van der Waals surface area contributed by atoms with E-state index < -0.39 is 10.0 Å². The summed E-state index contributed by atoms with van der Waals surface area (Å²) in [4.78, 5) is 13.0. The summed E-state index contributed by atoms with van der Waals surface area (Å²) in [6.45, 7) is 0.984. The molecule has 2 N–H and O–H groups in total. The van der Waals surface area contributed by atoms with Crippen LogP contribution in [0, 0.1) is 0 Å². The highest BCUT2D eigenvalue weighted by molar-refractivity contribution is 7.92. The maximum absolute atomic E-state index is 13.0. The van der Waals surface area contributed by atoms with Crippen molar-refractivity contribution in [3.8, 4) is 11.5 Å². The lowest BCUT2D eigenvalue weighted by molar-refractivity contribution is 0.0932. The first-order valence-electron chi connectivity index (χ1n) is 11.2. The number of fused-ring (bicyclic) bond motifs is 2. The van der Waals surface area contributed by atoms with Crippen molar-refractivity contribution in [1.82, 2.24) is 15.1 Å². The molecule has 1 aliphatic carbocycles. The van der Waals surface area contributed by atoms with Gasteiger partial charge in [0, 0.05) is 42.0 Å². The average molecular weight is 483 g/mol. The Balaban J connectivity index is 1.32. The second-order valence-corrected chi connectivity index (χ2v) is 10.1. The van der Waals surface area contributed by atoms with Gasteiger partial charge >= 0.3 is 0 Å². The van der Waals surface area contributed by atoms with Crippen LogP contribution >= 0.6 is 0 Å². The lowest BCUT2D eigenvalue weighted by atomic mass is 9.93. The van der Waals surface area contributed by atoms with Crippen molar-refractivity contribution >= 4 is 21.6 Å². The number of carbonyl (C=O) groups is 1. The Kier molecular flexibility index (Phi) is 5.91. The number of amides is 1. The first kappa shape index (κ1) is 22.3. The van der Waals surface area contributed by atoms with Gasteiger partial charge in [0.05, 0.1) is 30.3 Å². The van der Waals surface area contributed by atoms with Crippen molar-refractivity contribution in [2.45, 2.75) is 36.6 Å². The van der Waals surface area contributed by atoms with Crippen molar-refractivity contribution < 1.29 is 22.7 Å². The number of aryl methyl sites for hydroxylation is 1. The van der Waals surface area contributed by atoms with Gasteiger partial charge in [0.15, 0.2) is 11.5 Å². The molecule has 0 spiro atoms. The summed E-state index contributed by atoms with van der Waals surface area (Å²) in [5, 5.41) is 7.38. The highest BCUT2D eigenvalue weighted by Gasteiger charge is 2.25. The number of aromatic nitrogens is 2. The summed E-state index contributed by atoms with van der Waals surface area (Å²) in [6, 6.07) is 10.8. The second-order valence-electron chi connectivity index (χ2n) is 8.43. The van der Waals surface area contributed by atoms with E-state index in [9.17, 15) is 13.2 Å². The van der Waals surface area contributed by atoms with Crippen LogP contribution in [0.25, 0.3) is 0 Å². The van der Waals surface area contributed by atoms with Crippen LogP contribution in [0.4, 0.5) is 5.69 Å². The van der Waals surface area contributed by atoms with E-state index in [1.54, 1.807) is 30.5 Å². The van der Waals surface area contributed by atoms with Gasteiger partial charge in [-0.2, -0.15) is 5.10 Å². The van der Waals surface area contributed by atoms with Crippen LogP contribution in [-0.2, 0) is 23.5 Å².